The smallest absolute Gasteiger partial charge is 0.312 e. The molecule has 0 saturated carbocycles. The van der Waals surface area contributed by atoms with Crippen molar-refractivity contribution in [1.82, 2.24) is 0 Å². The van der Waals surface area contributed by atoms with Gasteiger partial charge in [-0.15, -0.1) is 0 Å². The Morgan fingerprint density at radius 3 is 1.71 bits per heavy atom. The van der Waals surface area contributed by atoms with Gasteiger partial charge in [0, 0.05) is 65.0 Å². The summed E-state index contributed by atoms with van der Waals surface area (Å²) in [7, 11) is 0. The number of aryl methyl sites for hydroxylation is 2. The van der Waals surface area contributed by atoms with Crippen molar-refractivity contribution >= 4 is 44.9 Å². The van der Waals surface area contributed by atoms with Crippen LogP contribution in [0.2, 0.25) is 0 Å². The lowest BCUT2D eigenvalue weighted by molar-refractivity contribution is -0.117. The van der Waals surface area contributed by atoms with E-state index >= 15 is 0 Å². The van der Waals surface area contributed by atoms with E-state index in [1.807, 2.05) is 0 Å². The molecule has 0 fully saturated rings. The van der Waals surface area contributed by atoms with E-state index in [0.29, 0.717) is 34.4 Å². The molecule has 0 spiro atoms. The number of hydrogen-bond acceptors (Lipinski definition) is 2. The lowest BCUT2D eigenvalue weighted by Gasteiger charge is -2.29. The maximum atomic E-state index is 14.7. The predicted octanol–water partition coefficient (Wildman–Crippen LogP) is 11.9. The molecule has 304 valence electrons. The van der Waals surface area contributed by atoms with Gasteiger partial charge in [0.15, 0.2) is 0 Å². The molecule has 5 aromatic carbocycles. The van der Waals surface area contributed by atoms with Crippen LogP contribution in [0.15, 0.2) is 89.4 Å². The topological polar surface area (TPSA) is 43.9 Å². The Morgan fingerprint density at radius 2 is 1.14 bits per heavy atom. The number of rotatable bonds is 6. The minimum Gasteiger partial charge on any atom is -0.312 e. The third kappa shape index (κ3) is 8.91. The van der Waals surface area contributed by atoms with E-state index in [1.54, 1.807) is 31.2 Å². The number of hydrogen-bond donors (Lipinski definition) is 0. The molecular weight excluding hydrogens is 834 g/mol. The van der Waals surface area contributed by atoms with Crippen molar-refractivity contribution in [2.45, 2.75) is 65.3 Å². The standard InChI is InChI=1S/C25H20BrF5N2O.C19H18F3NO/c1-14-6-7-16(12-19(14)25(2,30)31)32-9-8-17-20(27)4-3-5-23(17)33(24(32)34)13-18-21(28)10-15(26)11-22(18)29;1-12-6-7-14(11-16(12)19(2,21)22)23-9-8-15-13(10-18(23)24)4-3-5-17(15)20/h3-7,10-12H,8-9,13H2,1-2H3;3-7,11H,8-10H2,1-2H3. The SMILES string of the molecule is Cc1ccc(N2CCc3c(F)cccc3CC2=O)cc1C(C)(F)F.Cc1ccc(N2CCc3c(F)cccc3N(Cc3c(F)cc(Br)cc3F)C2=O)cc1C(C)(F)F. The lowest BCUT2D eigenvalue weighted by Crippen LogP contribution is -2.43. The van der Waals surface area contributed by atoms with E-state index < -0.39 is 41.9 Å². The number of alkyl halides is 4. The van der Waals surface area contributed by atoms with Gasteiger partial charge in [0.25, 0.3) is 11.8 Å². The van der Waals surface area contributed by atoms with Crippen LogP contribution in [0.4, 0.5) is 57.0 Å². The molecule has 0 N–H and O–H groups in total. The third-order valence-corrected chi connectivity index (χ3v) is 10.8. The number of carbonyl (C=O) groups is 2. The molecule has 2 aliphatic rings. The van der Waals surface area contributed by atoms with Gasteiger partial charge in [0.1, 0.15) is 23.3 Å². The second kappa shape index (κ2) is 16.6. The summed E-state index contributed by atoms with van der Waals surface area (Å²) in [6.07, 6.45) is 0.513. The summed E-state index contributed by atoms with van der Waals surface area (Å²) < 4.78 is 114. The van der Waals surface area contributed by atoms with Crippen LogP contribution >= 0.6 is 15.9 Å². The number of carbonyl (C=O) groups excluding carboxylic acids is 2. The summed E-state index contributed by atoms with van der Waals surface area (Å²) >= 11 is 3.02. The molecule has 14 heteroatoms. The summed E-state index contributed by atoms with van der Waals surface area (Å²) in [6.45, 7) is 4.51. The van der Waals surface area contributed by atoms with Gasteiger partial charge in [0.05, 0.1) is 18.7 Å². The maximum absolute atomic E-state index is 14.7. The van der Waals surface area contributed by atoms with Gasteiger partial charge >= 0.3 is 6.03 Å². The van der Waals surface area contributed by atoms with Crippen molar-refractivity contribution in [2.75, 3.05) is 27.8 Å². The summed E-state index contributed by atoms with van der Waals surface area (Å²) in [6, 6.07) is 19.1. The van der Waals surface area contributed by atoms with Crippen LogP contribution in [0.25, 0.3) is 0 Å². The summed E-state index contributed by atoms with van der Waals surface area (Å²) in [5, 5.41) is 0. The molecule has 0 aliphatic carbocycles. The van der Waals surface area contributed by atoms with E-state index in [2.05, 4.69) is 15.9 Å². The van der Waals surface area contributed by atoms with Gasteiger partial charge in [0.2, 0.25) is 5.91 Å². The summed E-state index contributed by atoms with van der Waals surface area (Å²) in [4.78, 5) is 30.0. The fraction of sp³-hybridized carbons (Fsp3) is 0.273. The number of nitrogens with zero attached hydrogens (tertiary/aromatic N) is 3. The first kappa shape index (κ1) is 42.4. The van der Waals surface area contributed by atoms with Crippen LogP contribution in [-0.4, -0.2) is 25.0 Å². The van der Waals surface area contributed by atoms with Gasteiger partial charge in [-0.05, 0) is 104 Å². The molecule has 0 aromatic heterocycles. The zero-order chi connectivity index (χ0) is 42.3. The summed E-state index contributed by atoms with van der Waals surface area (Å²) in [5.74, 6) is -9.00. The van der Waals surface area contributed by atoms with E-state index in [0.717, 1.165) is 30.9 Å². The Kier molecular flexibility index (Phi) is 12.1. The normalized spacial score (nSPS) is 14.7. The molecule has 5 aromatic rings. The number of anilines is 3. The zero-order valence-electron chi connectivity index (χ0n) is 31.9. The highest BCUT2D eigenvalue weighted by atomic mass is 79.9. The van der Waals surface area contributed by atoms with Gasteiger partial charge in [-0.2, -0.15) is 0 Å². The Labute approximate surface area is 339 Å². The average molecular weight is 873 g/mol. The maximum Gasteiger partial charge on any atom is 0.329 e. The minimum atomic E-state index is -3.15. The number of amides is 3. The molecular formula is C44H38BrF8N3O2. The first-order valence-electron chi connectivity index (χ1n) is 18.3. The van der Waals surface area contributed by atoms with Crippen molar-refractivity contribution in [1.29, 1.82) is 0 Å². The van der Waals surface area contributed by atoms with Crippen LogP contribution in [0.1, 0.15) is 58.4 Å². The zero-order valence-corrected chi connectivity index (χ0v) is 33.5. The van der Waals surface area contributed by atoms with Gasteiger partial charge < -0.3 is 4.90 Å². The lowest BCUT2D eigenvalue weighted by atomic mass is 10.0. The van der Waals surface area contributed by atoms with Crippen molar-refractivity contribution in [3.05, 3.63) is 157 Å². The second-order valence-electron chi connectivity index (χ2n) is 14.5. The molecule has 5 nitrogen and oxygen atoms in total. The van der Waals surface area contributed by atoms with Crippen molar-refractivity contribution in [3.8, 4) is 0 Å². The quantitative estimate of drug-likeness (QED) is 0.160. The third-order valence-electron chi connectivity index (χ3n) is 10.3. The first-order valence-corrected chi connectivity index (χ1v) is 19.1. The fourth-order valence-corrected chi connectivity index (χ4v) is 7.72. The highest BCUT2D eigenvalue weighted by molar-refractivity contribution is 9.10. The number of urea groups is 1. The molecule has 7 rings (SSSR count). The molecule has 0 radical (unpaired) electrons. The minimum absolute atomic E-state index is 0.00758. The monoisotopic (exact) mass is 871 g/mol. The molecule has 0 saturated heterocycles. The molecule has 58 heavy (non-hydrogen) atoms. The van der Waals surface area contributed by atoms with Gasteiger partial charge in [-0.1, -0.05) is 46.3 Å². The van der Waals surface area contributed by atoms with E-state index in [1.165, 1.54) is 65.3 Å². The van der Waals surface area contributed by atoms with E-state index in [-0.39, 0.29) is 75.8 Å². The average Bonchev–Trinajstić information content (AvgIpc) is 3.39. The van der Waals surface area contributed by atoms with Crippen molar-refractivity contribution in [2.24, 2.45) is 0 Å². The number of halogens is 9. The van der Waals surface area contributed by atoms with Crippen LogP contribution in [0.3, 0.4) is 0 Å². The molecule has 0 bridgehead atoms. The van der Waals surface area contributed by atoms with Gasteiger partial charge in [-0.25, -0.2) is 39.9 Å². The fourth-order valence-electron chi connectivity index (χ4n) is 7.32. The Balaban J connectivity index is 0.000000208. The Hall–Kier alpha value is -5.24. The van der Waals surface area contributed by atoms with Crippen LogP contribution in [0.5, 0.6) is 0 Å². The molecule has 0 atom stereocenters. The Bertz CT molecular complexity index is 2370. The predicted molar refractivity (Wildman–Crippen MR) is 211 cm³/mol. The second-order valence-corrected chi connectivity index (χ2v) is 15.4. The van der Waals surface area contributed by atoms with E-state index in [9.17, 15) is 44.7 Å². The van der Waals surface area contributed by atoms with Crippen LogP contribution in [-0.2, 0) is 42.4 Å². The first-order chi connectivity index (χ1) is 27.2. The van der Waals surface area contributed by atoms with Crippen LogP contribution in [0, 0.1) is 37.1 Å². The van der Waals surface area contributed by atoms with E-state index in [4.69, 9.17) is 0 Å². The number of fused-ring (bicyclic) bond motifs is 2. The summed E-state index contributed by atoms with van der Waals surface area (Å²) in [5.41, 5.74) is 2.27. The largest absolute Gasteiger partial charge is 0.329 e. The molecule has 0 unspecified atom stereocenters. The highest BCUT2D eigenvalue weighted by Crippen LogP contribution is 2.37. The van der Waals surface area contributed by atoms with Gasteiger partial charge in [-0.3, -0.25) is 14.6 Å². The van der Waals surface area contributed by atoms with Crippen molar-refractivity contribution in [3.63, 3.8) is 0 Å². The number of benzene rings is 5. The highest BCUT2D eigenvalue weighted by Gasteiger charge is 2.34. The van der Waals surface area contributed by atoms with Crippen molar-refractivity contribution < 1.29 is 44.7 Å². The Morgan fingerprint density at radius 1 is 0.638 bits per heavy atom. The van der Waals surface area contributed by atoms with Crippen LogP contribution < -0.4 is 14.7 Å². The molecule has 3 amide bonds. The molecule has 2 aliphatic heterocycles. The molecule has 2 heterocycles.